The van der Waals surface area contributed by atoms with E-state index in [1.165, 1.54) is 0 Å². The van der Waals surface area contributed by atoms with Gasteiger partial charge in [0.2, 0.25) is 6.29 Å². The predicted octanol–water partition coefficient (Wildman–Crippen LogP) is 4.97. The molecule has 5 heteroatoms. The molecule has 0 saturated heterocycles. The maximum Gasteiger partial charge on any atom is 0.208 e. The van der Waals surface area contributed by atoms with E-state index in [4.69, 9.17) is 9.16 Å². The van der Waals surface area contributed by atoms with Crippen LogP contribution in [-0.2, 0) is 22.8 Å². The summed E-state index contributed by atoms with van der Waals surface area (Å²) >= 11 is 0. The average molecular weight is 347 g/mol. The predicted molar refractivity (Wildman–Crippen MR) is 100 cm³/mol. The Morgan fingerprint density at radius 3 is 2.21 bits per heavy atom. The highest BCUT2D eigenvalue weighted by Gasteiger charge is 2.34. The average Bonchev–Trinajstić information content (AvgIpc) is 2.96. The molecular formula is C19H30N2O2Si. The zero-order valence-electron chi connectivity index (χ0n) is 15.6. The Bertz CT molecular complexity index is 615. The molecule has 0 N–H and O–H groups in total. The van der Waals surface area contributed by atoms with Gasteiger partial charge in [-0.25, -0.2) is 4.98 Å². The van der Waals surface area contributed by atoms with Crippen LogP contribution >= 0.6 is 0 Å². The van der Waals surface area contributed by atoms with E-state index in [1.54, 1.807) is 0 Å². The van der Waals surface area contributed by atoms with Gasteiger partial charge in [-0.3, -0.25) is 0 Å². The van der Waals surface area contributed by atoms with Gasteiger partial charge in [0.15, 0.2) is 14.1 Å². The van der Waals surface area contributed by atoms with Crippen LogP contribution in [0.3, 0.4) is 0 Å². The Morgan fingerprint density at radius 2 is 1.71 bits per heavy atom. The molecule has 1 atom stereocenters. The quantitative estimate of drug-likeness (QED) is 0.475. The topological polar surface area (TPSA) is 36.3 Å². The smallest absolute Gasteiger partial charge is 0.208 e. The summed E-state index contributed by atoms with van der Waals surface area (Å²) in [6.45, 7) is 9.28. The third kappa shape index (κ3) is 4.35. The molecule has 0 aliphatic carbocycles. The van der Waals surface area contributed by atoms with Crippen LogP contribution in [0, 0.1) is 6.92 Å². The largest absolute Gasteiger partial charge is 0.387 e. The van der Waals surface area contributed by atoms with Gasteiger partial charge in [-0.15, -0.1) is 0 Å². The third-order valence-electron chi connectivity index (χ3n) is 5.00. The fourth-order valence-corrected chi connectivity index (χ4v) is 5.49. The van der Waals surface area contributed by atoms with Crippen molar-refractivity contribution >= 4 is 8.32 Å². The van der Waals surface area contributed by atoms with Crippen molar-refractivity contribution < 1.29 is 9.16 Å². The number of rotatable bonds is 9. The summed E-state index contributed by atoms with van der Waals surface area (Å²) in [6.07, 6.45) is 1.47. The molecule has 0 radical (unpaired) electrons. The molecule has 1 aromatic carbocycles. The summed E-state index contributed by atoms with van der Waals surface area (Å²) in [5, 5.41) is 0. The minimum atomic E-state index is -1.79. The summed E-state index contributed by atoms with van der Waals surface area (Å²) < 4.78 is 14.9. The zero-order valence-corrected chi connectivity index (χ0v) is 16.6. The lowest BCUT2D eigenvalue weighted by Crippen LogP contribution is -2.38. The van der Waals surface area contributed by atoms with Crippen LogP contribution < -0.4 is 0 Å². The fraction of sp³-hybridized carbons (Fsp3) is 0.526. The van der Waals surface area contributed by atoms with Crippen molar-refractivity contribution in [3.8, 4) is 0 Å². The van der Waals surface area contributed by atoms with Gasteiger partial charge in [-0.2, -0.15) is 0 Å². The lowest BCUT2D eigenvalue weighted by Gasteiger charge is -2.32. The first-order chi connectivity index (χ1) is 11.5. The van der Waals surface area contributed by atoms with Crippen molar-refractivity contribution in [1.82, 2.24) is 9.55 Å². The van der Waals surface area contributed by atoms with Crippen LogP contribution in [0.25, 0.3) is 0 Å². The van der Waals surface area contributed by atoms with Gasteiger partial charge < -0.3 is 13.7 Å². The van der Waals surface area contributed by atoms with Crippen molar-refractivity contribution in [1.29, 1.82) is 0 Å². The molecule has 1 heterocycles. The number of imidazole rings is 1. The van der Waals surface area contributed by atoms with Crippen molar-refractivity contribution in [3.63, 3.8) is 0 Å². The van der Waals surface area contributed by atoms with E-state index in [2.05, 4.69) is 49.4 Å². The highest BCUT2D eigenvalue weighted by atomic mass is 28.4. The molecule has 4 nitrogen and oxygen atoms in total. The lowest BCUT2D eigenvalue weighted by molar-refractivity contribution is -0.107. The van der Waals surface area contributed by atoms with E-state index < -0.39 is 14.6 Å². The van der Waals surface area contributed by atoms with Gasteiger partial charge in [-0.05, 0) is 30.6 Å². The molecule has 0 fully saturated rings. The number of aromatic nitrogens is 2. The Labute approximate surface area is 147 Å². The Balaban J connectivity index is 2.22. The molecule has 1 aromatic heterocycles. The second-order valence-electron chi connectivity index (χ2n) is 6.31. The standard InChI is InChI=1S/C19H30N2O2Si/c1-6-24(7-2,8-3)23-19(18-20-14-16(4)21(18)5)22-15-17-12-10-9-11-13-17/h9-14,19H,6-8,15H2,1-5H3. The van der Waals surface area contributed by atoms with Gasteiger partial charge in [0.05, 0.1) is 6.61 Å². The second-order valence-corrected chi connectivity index (χ2v) is 11.0. The molecule has 0 spiro atoms. The Kier molecular flexibility index (Phi) is 6.77. The van der Waals surface area contributed by atoms with Crippen molar-refractivity contribution in [2.24, 2.45) is 7.05 Å². The van der Waals surface area contributed by atoms with E-state index in [0.717, 1.165) is 35.2 Å². The Morgan fingerprint density at radius 1 is 1.08 bits per heavy atom. The monoisotopic (exact) mass is 346 g/mol. The number of hydrogen-bond donors (Lipinski definition) is 0. The van der Waals surface area contributed by atoms with E-state index in [1.807, 2.05) is 31.4 Å². The first-order valence-electron chi connectivity index (χ1n) is 8.86. The van der Waals surface area contributed by atoms with Crippen LogP contribution in [0.4, 0.5) is 0 Å². The number of aryl methyl sites for hydroxylation is 1. The summed E-state index contributed by atoms with van der Waals surface area (Å²) in [6, 6.07) is 13.5. The molecule has 0 bridgehead atoms. The van der Waals surface area contributed by atoms with Crippen LogP contribution in [0.2, 0.25) is 18.1 Å². The SMILES string of the molecule is CC[Si](CC)(CC)OC(OCc1ccccc1)c1ncc(C)n1C. The lowest BCUT2D eigenvalue weighted by atomic mass is 10.2. The Hall–Kier alpha value is -1.43. The molecule has 0 aliphatic rings. The number of hydrogen-bond acceptors (Lipinski definition) is 3. The minimum Gasteiger partial charge on any atom is -0.387 e. The molecule has 1 unspecified atom stereocenters. The van der Waals surface area contributed by atoms with Crippen LogP contribution in [0.5, 0.6) is 0 Å². The van der Waals surface area contributed by atoms with Crippen LogP contribution in [0.1, 0.15) is 44.1 Å². The maximum absolute atomic E-state index is 6.62. The van der Waals surface area contributed by atoms with Gasteiger partial charge in [0.1, 0.15) is 0 Å². The first-order valence-corrected chi connectivity index (χ1v) is 11.4. The van der Waals surface area contributed by atoms with Gasteiger partial charge >= 0.3 is 0 Å². The van der Waals surface area contributed by atoms with Gasteiger partial charge in [0.25, 0.3) is 0 Å². The van der Waals surface area contributed by atoms with E-state index >= 15 is 0 Å². The van der Waals surface area contributed by atoms with Gasteiger partial charge in [0, 0.05) is 18.9 Å². The summed E-state index contributed by atoms with van der Waals surface area (Å²) in [7, 11) is 0.227. The molecule has 132 valence electrons. The zero-order chi connectivity index (χ0) is 17.6. The molecule has 24 heavy (non-hydrogen) atoms. The first kappa shape index (κ1) is 18.9. The molecule has 2 aromatic rings. The summed E-state index contributed by atoms with van der Waals surface area (Å²) in [5.74, 6) is 0.857. The highest BCUT2D eigenvalue weighted by Crippen LogP contribution is 2.30. The maximum atomic E-state index is 6.62. The molecule has 0 saturated carbocycles. The summed E-state index contributed by atoms with van der Waals surface area (Å²) in [4.78, 5) is 4.55. The van der Waals surface area contributed by atoms with E-state index in [-0.39, 0.29) is 0 Å². The number of benzene rings is 1. The molecule has 0 amide bonds. The normalized spacial score (nSPS) is 13.2. The highest BCUT2D eigenvalue weighted by molar-refractivity contribution is 6.73. The van der Waals surface area contributed by atoms with E-state index in [9.17, 15) is 0 Å². The second kappa shape index (κ2) is 8.60. The molecule has 0 aliphatic heterocycles. The van der Waals surface area contributed by atoms with Crippen molar-refractivity contribution in [3.05, 3.63) is 53.6 Å². The van der Waals surface area contributed by atoms with Crippen LogP contribution in [-0.4, -0.2) is 17.9 Å². The van der Waals surface area contributed by atoms with E-state index in [0.29, 0.717) is 6.61 Å². The third-order valence-corrected chi connectivity index (χ3v) is 9.58. The minimum absolute atomic E-state index is 0.407. The van der Waals surface area contributed by atoms with Crippen molar-refractivity contribution in [2.45, 2.75) is 58.7 Å². The number of ether oxygens (including phenoxy) is 1. The van der Waals surface area contributed by atoms with Gasteiger partial charge in [-0.1, -0.05) is 51.1 Å². The van der Waals surface area contributed by atoms with Crippen molar-refractivity contribution in [2.75, 3.05) is 0 Å². The summed E-state index contributed by atoms with van der Waals surface area (Å²) in [5.41, 5.74) is 2.26. The molecular weight excluding hydrogens is 316 g/mol. The molecule has 2 rings (SSSR count). The van der Waals surface area contributed by atoms with Crippen LogP contribution in [0.15, 0.2) is 36.5 Å². The fourth-order valence-electron chi connectivity index (χ4n) is 2.87. The number of nitrogens with zero attached hydrogens (tertiary/aromatic N) is 2.